The largest absolute Gasteiger partial charge is 0.508 e. The van der Waals surface area contributed by atoms with Crippen LogP contribution in [0.4, 0.5) is 5.82 Å². The van der Waals surface area contributed by atoms with Gasteiger partial charge in [-0.2, -0.15) is 5.26 Å². The molecule has 4 heterocycles. The minimum absolute atomic E-state index is 0.0303. The number of nitriles is 1. The van der Waals surface area contributed by atoms with E-state index < -0.39 is 26.4 Å². The third-order valence-electron chi connectivity index (χ3n) is 7.58. The highest BCUT2D eigenvalue weighted by Crippen LogP contribution is 2.34. The van der Waals surface area contributed by atoms with Crippen LogP contribution in [0.15, 0.2) is 48.5 Å². The van der Waals surface area contributed by atoms with E-state index in [1.807, 2.05) is 13.0 Å². The normalized spacial score (nSPS) is 15.0. The van der Waals surface area contributed by atoms with Crippen molar-refractivity contribution in [1.29, 1.82) is 5.26 Å². The monoisotopic (exact) mass is 742 g/mol. The molecular weight excluding hydrogens is 709 g/mol. The summed E-state index contributed by atoms with van der Waals surface area (Å²) in [6.45, 7) is 14.6. The van der Waals surface area contributed by atoms with Crippen molar-refractivity contribution in [3.63, 3.8) is 0 Å². The van der Waals surface area contributed by atoms with Crippen LogP contribution in [-0.4, -0.2) is 74.9 Å². The number of aromatic nitrogens is 4. The molecule has 2 aliphatic heterocycles. The fourth-order valence-corrected chi connectivity index (χ4v) is 5.61. The van der Waals surface area contributed by atoms with E-state index in [2.05, 4.69) is 25.2 Å². The number of carbonyl (C=O) groups is 2. The van der Waals surface area contributed by atoms with E-state index in [0.717, 1.165) is 22.3 Å². The van der Waals surface area contributed by atoms with Crippen molar-refractivity contribution >= 4 is 54.5 Å². The molecule has 0 radical (unpaired) electrons. The summed E-state index contributed by atoms with van der Waals surface area (Å²) >= 11 is 5.39. The Kier molecular flexibility index (Phi) is 14.2. The summed E-state index contributed by atoms with van der Waals surface area (Å²) in [4.78, 5) is 26.4. The van der Waals surface area contributed by atoms with E-state index in [1.54, 1.807) is 45.0 Å². The van der Waals surface area contributed by atoms with Gasteiger partial charge in [0.25, 0.3) is 11.7 Å². The molecule has 0 bridgehead atoms. The predicted molar refractivity (Wildman–Crippen MR) is 190 cm³/mol. The number of carbonyl (C=O) groups excluding carboxylic acids is 2. The van der Waals surface area contributed by atoms with E-state index in [-0.39, 0.29) is 47.9 Å². The van der Waals surface area contributed by atoms with Crippen molar-refractivity contribution in [2.45, 2.75) is 52.7 Å². The van der Waals surface area contributed by atoms with Crippen LogP contribution in [0.1, 0.15) is 66.8 Å². The first-order valence-electron chi connectivity index (χ1n) is 16.1. The molecule has 4 aromatic rings. The first-order valence-corrected chi connectivity index (χ1v) is 16.5. The molecule has 0 amide bonds. The lowest BCUT2D eigenvalue weighted by Crippen LogP contribution is -2.28. The second-order valence-electron chi connectivity index (χ2n) is 11.3. The number of hydrogen-bond donors (Lipinski definition) is 3. The smallest absolute Gasteiger partial charge is 0.492 e. The number of halogens is 1. The van der Waals surface area contributed by atoms with Gasteiger partial charge in [-0.25, -0.2) is 0 Å². The summed E-state index contributed by atoms with van der Waals surface area (Å²) < 4.78 is 26.3. The summed E-state index contributed by atoms with van der Waals surface area (Å²) in [5.74, 6) is 0.181. The van der Waals surface area contributed by atoms with Gasteiger partial charge in [0.1, 0.15) is 17.6 Å². The molecule has 0 spiro atoms. The van der Waals surface area contributed by atoms with Gasteiger partial charge in [0, 0.05) is 5.10 Å². The van der Waals surface area contributed by atoms with Crippen molar-refractivity contribution < 1.29 is 48.3 Å². The number of hydrogen-bond acceptors (Lipinski definition) is 15. The Bertz CT molecular complexity index is 2010. The second kappa shape index (κ2) is 18.7. The van der Waals surface area contributed by atoms with E-state index in [9.17, 15) is 24.7 Å². The molecule has 2 atom stereocenters. The molecule has 19 heteroatoms. The van der Waals surface area contributed by atoms with Gasteiger partial charge in [0.15, 0.2) is 10.8 Å². The lowest BCUT2D eigenvalue weighted by Gasteiger charge is -2.14. The molecule has 16 nitrogen and oxygen atoms in total. The Labute approximate surface area is 310 Å². The minimum atomic E-state index is -1.15. The van der Waals surface area contributed by atoms with Crippen LogP contribution in [0.2, 0.25) is 5.15 Å². The van der Waals surface area contributed by atoms with Gasteiger partial charge in [-0.05, 0) is 115 Å². The summed E-state index contributed by atoms with van der Waals surface area (Å²) in [6.07, 6.45) is -0.994. The Morgan fingerprint density at radius 3 is 1.96 bits per heavy atom. The molecule has 0 fully saturated rings. The van der Waals surface area contributed by atoms with Crippen molar-refractivity contribution in [3.8, 4) is 23.4 Å². The SMILES string of the molecule is CCOC(=O)CC1OB(O)c2cc(O)cc(C)c21.N#Cc1ccc(Cl)nn1.[C-]#[N+]c1ccc(Oc2cc(C)c3c(c2)B(O)OC3CC(=O)OCC)nn1. The highest BCUT2D eigenvalue weighted by atomic mass is 35.5. The van der Waals surface area contributed by atoms with Crippen molar-refractivity contribution in [2.24, 2.45) is 0 Å². The number of nitrogens with zero attached hydrogens (tertiary/aromatic N) is 6. The molecule has 0 saturated heterocycles. The van der Waals surface area contributed by atoms with Gasteiger partial charge in [-0.1, -0.05) is 18.2 Å². The number of ether oxygens (including phenoxy) is 3. The summed E-state index contributed by atoms with van der Waals surface area (Å²) in [5, 5.41) is 52.4. The highest BCUT2D eigenvalue weighted by molar-refractivity contribution is 6.62. The third-order valence-corrected chi connectivity index (χ3v) is 7.78. The Hall–Kier alpha value is -5.62. The zero-order valence-corrected chi connectivity index (χ0v) is 29.8. The molecule has 272 valence electrons. The number of phenols is 1. The maximum Gasteiger partial charge on any atom is 0.492 e. The van der Waals surface area contributed by atoms with Gasteiger partial charge in [-0.15, -0.1) is 10.2 Å². The molecule has 0 aliphatic carbocycles. The van der Waals surface area contributed by atoms with Crippen LogP contribution in [0, 0.1) is 31.8 Å². The fourth-order valence-electron chi connectivity index (χ4n) is 5.50. The summed E-state index contributed by atoms with van der Waals surface area (Å²) in [5.41, 5.74) is 4.45. The van der Waals surface area contributed by atoms with Gasteiger partial charge in [-0.3, -0.25) is 9.59 Å². The number of rotatable bonds is 8. The standard InChI is InChI=1S/C17H16BN3O5.C12H15BO5.C5H2ClN3/c1-4-24-16(22)9-13-17-10(2)7-11(8-12(17)18(23)26-13)25-15-6-5-14(19-3)20-21-15;1-3-17-11(15)6-10-12-7(2)4-8(14)5-9(12)13(16)18-10;6-5-2-1-4(3-7)8-9-5/h5-8,13,23H,4,9H2,1-2H3;4-5,10,14,16H,3,6H2,1-2H3;1-2H. The number of aryl methyl sites for hydroxylation is 2. The quantitative estimate of drug-likeness (QED) is 0.134. The maximum absolute atomic E-state index is 11.7. The Balaban J connectivity index is 0.000000200. The first kappa shape index (κ1) is 40.2. The van der Waals surface area contributed by atoms with E-state index in [1.165, 1.54) is 24.3 Å². The molecule has 53 heavy (non-hydrogen) atoms. The number of esters is 2. The first-order chi connectivity index (χ1) is 25.4. The Morgan fingerprint density at radius 1 is 0.887 bits per heavy atom. The summed E-state index contributed by atoms with van der Waals surface area (Å²) in [6, 6.07) is 14.3. The van der Waals surface area contributed by atoms with Crippen molar-refractivity contribution in [2.75, 3.05) is 13.2 Å². The van der Waals surface area contributed by atoms with Gasteiger partial charge in [0.2, 0.25) is 0 Å². The zero-order chi connectivity index (χ0) is 38.7. The van der Waals surface area contributed by atoms with Gasteiger partial charge < -0.3 is 43.5 Å². The zero-order valence-electron chi connectivity index (χ0n) is 29.0. The molecule has 2 aromatic heterocycles. The molecule has 2 unspecified atom stereocenters. The van der Waals surface area contributed by atoms with Crippen LogP contribution >= 0.6 is 11.6 Å². The van der Waals surface area contributed by atoms with E-state index in [0.29, 0.717) is 35.0 Å². The molecule has 6 rings (SSSR count). The average Bonchev–Trinajstić information content (AvgIpc) is 3.60. The van der Waals surface area contributed by atoms with Crippen molar-refractivity contribution in [1.82, 2.24) is 20.4 Å². The molecule has 2 aromatic carbocycles. The topological polar surface area (TPSA) is 221 Å². The fraction of sp³-hybridized carbons (Fsp3) is 0.294. The number of phenolic OH excluding ortho intramolecular Hbond substituents is 1. The third kappa shape index (κ3) is 10.7. The minimum Gasteiger partial charge on any atom is -0.508 e. The molecule has 3 N–H and O–H groups in total. The van der Waals surface area contributed by atoms with E-state index >= 15 is 0 Å². The highest BCUT2D eigenvalue weighted by Gasteiger charge is 2.39. The average molecular weight is 743 g/mol. The summed E-state index contributed by atoms with van der Waals surface area (Å²) in [7, 11) is -2.26. The molecular formula is C34H33B2ClN6O10. The van der Waals surface area contributed by atoms with Crippen molar-refractivity contribution in [3.05, 3.63) is 93.0 Å². The van der Waals surface area contributed by atoms with Crippen LogP contribution in [0.25, 0.3) is 4.85 Å². The van der Waals surface area contributed by atoms with Gasteiger partial charge >= 0.3 is 26.2 Å². The second-order valence-corrected chi connectivity index (χ2v) is 11.7. The molecule has 2 aliphatic rings. The number of aromatic hydroxyl groups is 1. The lowest BCUT2D eigenvalue weighted by atomic mass is 9.77. The van der Waals surface area contributed by atoms with E-state index in [4.69, 9.17) is 47.0 Å². The van der Waals surface area contributed by atoms with Crippen LogP contribution in [0.3, 0.4) is 0 Å². The maximum atomic E-state index is 11.7. The predicted octanol–water partition coefficient (Wildman–Crippen LogP) is 3.25. The molecule has 0 saturated carbocycles. The van der Waals surface area contributed by atoms with Crippen LogP contribution in [-0.2, 0) is 28.4 Å². The Morgan fingerprint density at radius 2 is 1.47 bits per heavy atom. The number of fused-ring (bicyclic) bond motifs is 2. The number of benzene rings is 2. The van der Waals surface area contributed by atoms with Gasteiger partial charge in [0.05, 0.1) is 38.3 Å². The van der Waals surface area contributed by atoms with Crippen LogP contribution < -0.4 is 15.7 Å². The van der Waals surface area contributed by atoms with Crippen LogP contribution in [0.5, 0.6) is 17.4 Å². The lowest BCUT2D eigenvalue weighted by molar-refractivity contribution is -0.146.